The molecule has 0 unspecified atom stereocenters. The van der Waals surface area contributed by atoms with Crippen LogP contribution in [0.3, 0.4) is 0 Å². The summed E-state index contributed by atoms with van der Waals surface area (Å²) in [5, 5.41) is 7.99. The van der Waals surface area contributed by atoms with Crippen LogP contribution in [-0.4, -0.2) is 14.8 Å². The maximum absolute atomic E-state index is 4.02. The SMILES string of the molecule is CCc1nnc(C)n1CC. The molecule has 3 heteroatoms. The first kappa shape index (κ1) is 7.25. The quantitative estimate of drug-likeness (QED) is 0.615. The summed E-state index contributed by atoms with van der Waals surface area (Å²) in [6.07, 6.45) is 0.967. The summed E-state index contributed by atoms with van der Waals surface area (Å²) in [6, 6.07) is 0. The first-order valence-corrected chi connectivity index (χ1v) is 3.68. The zero-order valence-corrected chi connectivity index (χ0v) is 6.76. The Hall–Kier alpha value is -0.860. The lowest BCUT2D eigenvalue weighted by molar-refractivity contribution is 0.685. The largest absolute Gasteiger partial charge is 0.316 e. The molecule has 1 aromatic heterocycles. The van der Waals surface area contributed by atoms with E-state index in [1.165, 1.54) is 0 Å². The second-order valence-electron chi connectivity index (χ2n) is 2.26. The van der Waals surface area contributed by atoms with Gasteiger partial charge < -0.3 is 4.57 Å². The van der Waals surface area contributed by atoms with Gasteiger partial charge in [-0.3, -0.25) is 0 Å². The minimum absolute atomic E-state index is 0.967. The molecule has 0 spiro atoms. The normalized spacial score (nSPS) is 10.3. The molecule has 0 saturated heterocycles. The Bertz CT molecular complexity index is 215. The summed E-state index contributed by atoms with van der Waals surface area (Å²) in [6.45, 7) is 7.16. The second kappa shape index (κ2) is 2.82. The minimum atomic E-state index is 0.967. The first-order chi connectivity index (χ1) is 4.79. The van der Waals surface area contributed by atoms with E-state index in [9.17, 15) is 0 Å². The maximum atomic E-state index is 4.02. The number of nitrogens with zero attached hydrogens (tertiary/aromatic N) is 3. The van der Waals surface area contributed by atoms with Crippen LogP contribution in [0.15, 0.2) is 0 Å². The highest BCUT2D eigenvalue weighted by molar-refractivity contribution is 4.92. The van der Waals surface area contributed by atoms with Crippen LogP contribution in [0.4, 0.5) is 0 Å². The molecule has 0 aliphatic rings. The fourth-order valence-electron chi connectivity index (χ4n) is 1.10. The number of aromatic nitrogens is 3. The van der Waals surface area contributed by atoms with Crippen molar-refractivity contribution in [3.63, 3.8) is 0 Å². The molecule has 0 radical (unpaired) electrons. The fraction of sp³-hybridized carbons (Fsp3) is 0.714. The Morgan fingerprint density at radius 1 is 1.30 bits per heavy atom. The predicted octanol–water partition coefficient (Wildman–Crippen LogP) is 1.17. The van der Waals surface area contributed by atoms with Crippen LogP contribution in [0.1, 0.15) is 25.5 Å². The van der Waals surface area contributed by atoms with Crippen molar-refractivity contribution >= 4 is 0 Å². The molecule has 0 bridgehead atoms. The molecule has 0 fully saturated rings. The van der Waals surface area contributed by atoms with E-state index in [0.29, 0.717) is 0 Å². The van der Waals surface area contributed by atoms with Gasteiger partial charge in [0.2, 0.25) is 0 Å². The van der Waals surface area contributed by atoms with Gasteiger partial charge in [-0.15, -0.1) is 10.2 Å². The van der Waals surface area contributed by atoms with E-state index >= 15 is 0 Å². The molecule has 56 valence electrons. The summed E-state index contributed by atoms with van der Waals surface area (Å²) in [4.78, 5) is 0. The molecule has 0 aliphatic carbocycles. The van der Waals surface area contributed by atoms with Crippen molar-refractivity contribution in [2.75, 3.05) is 0 Å². The topological polar surface area (TPSA) is 30.7 Å². The lowest BCUT2D eigenvalue weighted by Gasteiger charge is -2.00. The van der Waals surface area contributed by atoms with Gasteiger partial charge in [-0.2, -0.15) is 0 Å². The van der Waals surface area contributed by atoms with Gasteiger partial charge >= 0.3 is 0 Å². The van der Waals surface area contributed by atoms with E-state index in [4.69, 9.17) is 0 Å². The molecule has 0 aliphatic heterocycles. The van der Waals surface area contributed by atoms with Crippen molar-refractivity contribution in [3.8, 4) is 0 Å². The monoisotopic (exact) mass is 139 g/mol. The zero-order chi connectivity index (χ0) is 7.56. The molecule has 0 atom stereocenters. The molecule has 0 N–H and O–H groups in total. The molecule has 10 heavy (non-hydrogen) atoms. The fourth-order valence-corrected chi connectivity index (χ4v) is 1.10. The van der Waals surface area contributed by atoms with Crippen LogP contribution in [0.25, 0.3) is 0 Å². The highest BCUT2D eigenvalue weighted by Gasteiger charge is 2.02. The van der Waals surface area contributed by atoms with Crippen LogP contribution in [0.5, 0.6) is 0 Å². The highest BCUT2D eigenvalue weighted by atomic mass is 15.3. The molecule has 0 aromatic carbocycles. The van der Waals surface area contributed by atoms with Gasteiger partial charge in [0.25, 0.3) is 0 Å². The van der Waals surface area contributed by atoms with Crippen molar-refractivity contribution in [2.45, 2.75) is 33.7 Å². The third-order valence-electron chi connectivity index (χ3n) is 1.64. The average molecular weight is 139 g/mol. The van der Waals surface area contributed by atoms with Gasteiger partial charge in [0.05, 0.1) is 0 Å². The van der Waals surface area contributed by atoms with E-state index in [-0.39, 0.29) is 0 Å². The molecule has 1 heterocycles. The Morgan fingerprint density at radius 2 is 2.00 bits per heavy atom. The van der Waals surface area contributed by atoms with Crippen LogP contribution >= 0.6 is 0 Å². The van der Waals surface area contributed by atoms with Gasteiger partial charge in [-0.25, -0.2) is 0 Å². The van der Waals surface area contributed by atoms with E-state index in [2.05, 4.69) is 28.6 Å². The van der Waals surface area contributed by atoms with Gasteiger partial charge in [-0.05, 0) is 13.8 Å². The van der Waals surface area contributed by atoms with Gasteiger partial charge in [0, 0.05) is 13.0 Å². The van der Waals surface area contributed by atoms with E-state index < -0.39 is 0 Å². The first-order valence-electron chi connectivity index (χ1n) is 3.68. The van der Waals surface area contributed by atoms with Gasteiger partial charge in [-0.1, -0.05) is 6.92 Å². The summed E-state index contributed by atoms with van der Waals surface area (Å²) < 4.78 is 2.12. The van der Waals surface area contributed by atoms with Crippen LogP contribution in [0, 0.1) is 6.92 Å². The van der Waals surface area contributed by atoms with Crippen molar-refractivity contribution in [1.29, 1.82) is 0 Å². The molecular formula is C7H13N3. The van der Waals surface area contributed by atoms with Crippen LogP contribution in [0.2, 0.25) is 0 Å². The van der Waals surface area contributed by atoms with Crippen LogP contribution < -0.4 is 0 Å². The van der Waals surface area contributed by atoms with E-state index in [1.54, 1.807) is 0 Å². The third kappa shape index (κ3) is 1.03. The number of aryl methyl sites for hydroxylation is 2. The number of rotatable bonds is 2. The van der Waals surface area contributed by atoms with Crippen molar-refractivity contribution in [2.24, 2.45) is 0 Å². The van der Waals surface area contributed by atoms with E-state index in [1.807, 2.05) is 6.92 Å². The Morgan fingerprint density at radius 3 is 2.40 bits per heavy atom. The van der Waals surface area contributed by atoms with Crippen molar-refractivity contribution in [1.82, 2.24) is 14.8 Å². The van der Waals surface area contributed by atoms with E-state index in [0.717, 1.165) is 24.6 Å². The standard InChI is InChI=1S/C7H13N3/c1-4-7-9-8-6(3)10(7)5-2/h4-5H2,1-3H3. The smallest absolute Gasteiger partial charge is 0.132 e. The highest BCUT2D eigenvalue weighted by Crippen LogP contribution is 2.00. The molecule has 1 rings (SSSR count). The second-order valence-corrected chi connectivity index (χ2v) is 2.26. The van der Waals surface area contributed by atoms with Crippen molar-refractivity contribution in [3.05, 3.63) is 11.6 Å². The van der Waals surface area contributed by atoms with Crippen LogP contribution in [-0.2, 0) is 13.0 Å². The third-order valence-corrected chi connectivity index (χ3v) is 1.64. The predicted molar refractivity (Wildman–Crippen MR) is 39.8 cm³/mol. The lowest BCUT2D eigenvalue weighted by Crippen LogP contribution is -2.01. The number of hydrogen-bond acceptors (Lipinski definition) is 2. The summed E-state index contributed by atoms with van der Waals surface area (Å²) >= 11 is 0. The Labute approximate surface area is 61.1 Å². The maximum Gasteiger partial charge on any atom is 0.132 e. The lowest BCUT2D eigenvalue weighted by atomic mass is 10.4. The molecule has 3 nitrogen and oxygen atoms in total. The molecule has 1 aromatic rings. The summed E-state index contributed by atoms with van der Waals surface area (Å²) in [5.41, 5.74) is 0. The molecule has 0 saturated carbocycles. The Balaban J connectivity index is 3.01. The van der Waals surface area contributed by atoms with Gasteiger partial charge in [0.1, 0.15) is 11.6 Å². The average Bonchev–Trinajstić information content (AvgIpc) is 2.30. The van der Waals surface area contributed by atoms with Crippen molar-refractivity contribution < 1.29 is 0 Å². The summed E-state index contributed by atoms with van der Waals surface area (Å²) in [5.74, 6) is 2.10. The van der Waals surface area contributed by atoms with Gasteiger partial charge in [0.15, 0.2) is 0 Å². The zero-order valence-electron chi connectivity index (χ0n) is 6.76. The summed E-state index contributed by atoms with van der Waals surface area (Å²) in [7, 11) is 0. The molecular weight excluding hydrogens is 126 g/mol. The minimum Gasteiger partial charge on any atom is -0.316 e. The number of hydrogen-bond donors (Lipinski definition) is 0. The molecule has 0 amide bonds. The Kier molecular flexibility index (Phi) is 2.04.